The molecule has 2 saturated heterocycles. The van der Waals surface area contributed by atoms with E-state index >= 15 is 0 Å². The van der Waals surface area contributed by atoms with Crippen LogP contribution in [0.15, 0.2) is 12.1 Å². The molecule has 0 N–H and O–H groups in total. The van der Waals surface area contributed by atoms with Crippen molar-refractivity contribution in [2.24, 2.45) is 0 Å². The van der Waals surface area contributed by atoms with Crippen LogP contribution in [0.3, 0.4) is 0 Å². The first-order valence-corrected chi connectivity index (χ1v) is 8.41. The first kappa shape index (κ1) is 15.6. The largest absolute Gasteiger partial charge is 0.339 e. The van der Waals surface area contributed by atoms with Crippen molar-refractivity contribution in [1.29, 1.82) is 0 Å². The predicted octanol–water partition coefficient (Wildman–Crippen LogP) is 3.47. The highest BCUT2D eigenvalue weighted by molar-refractivity contribution is 6.42. The zero-order valence-corrected chi connectivity index (χ0v) is 13.8. The summed E-state index contributed by atoms with van der Waals surface area (Å²) < 4.78 is 0. The number of hydrogen-bond donors (Lipinski definition) is 0. The molecule has 0 atom stereocenters. The van der Waals surface area contributed by atoms with Gasteiger partial charge in [-0.25, -0.2) is 0 Å². The number of likely N-dealkylation sites (tertiary alicyclic amines) is 2. The van der Waals surface area contributed by atoms with Gasteiger partial charge in [-0.1, -0.05) is 23.2 Å². The van der Waals surface area contributed by atoms with E-state index in [4.69, 9.17) is 23.2 Å². The maximum atomic E-state index is 12.7. The van der Waals surface area contributed by atoms with Crippen LogP contribution in [0.1, 0.15) is 46.4 Å². The van der Waals surface area contributed by atoms with Gasteiger partial charge in [-0.15, -0.1) is 0 Å². The Hall–Kier alpha value is -1.26. The molecule has 1 aromatic carbocycles. The fraction of sp³-hybridized carbons (Fsp3) is 0.500. The minimum atomic E-state index is -0.126. The van der Waals surface area contributed by atoms with E-state index in [0.717, 1.165) is 51.9 Å². The Balaban J connectivity index is 1.98. The lowest BCUT2D eigenvalue weighted by Gasteiger charge is -2.21. The van der Waals surface area contributed by atoms with Crippen molar-refractivity contribution in [3.63, 3.8) is 0 Å². The van der Waals surface area contributed by atoms with Crippen LogP contribution in [0.5, 0.6) is 0 Å². The Morgan fingerprint density at radius 2 is 1.05 bits per heavy atom. The Morgan fingerprint density at radius 3 is 1.36 bits per heavy atom. The fourth-order valence-corrected chi connectivity index (χ4v) is 3.41. The third-order valence-electron chi connectivity index (χ3n) is 4.31. The van der Waals surface area contributed by atoms with Crippen molar-refractivity contribution < 1.29 is 9.59 Å². The monoisotopic (exact) mass is 340 g/mol. The second kappa shape index (κ2) is 6.47. The van der Waals surface area contributed by atoms with Crippen LogP contribution in [0.4, 0.5) is 0 Å². The van der Waals surface area contributed by atoms with E-state index in [1.165, 1.54) is 12.1 Å². The molecule has 0 saturated carbocycles. The molecular formula is C16H18Cl2N2O2. The third kappa shape index (κ3) is 2.95. The van der Waals surface area contributed by atoms with Gasteiger partial charge in [0, 0.05) is 26.2 Å². The average molecular weight is 341 g/mol. The van der Waals surface area contributed by atoms with E-state index in [9.17, 15) is 9.59 Å². The molecule has 2 amide bonds. The molecule has 2 aliphatic heterocycles. The minimum absolute atomic E-state index is 0.126. The summed E-state index contributed by atoms with van der Waals surface area (Å²) in [6.45, 7) is 2.93. The maximum Gasteiger partial charge on any atom is 0.254 e. The van der Waals surface area contributed by atoms with Gasteiger partial charge < -0.3 is 9.80 Å². The van der Waals surface area contributed by atoms with E-state index in [1.54, 1.807) is 9.80 Å². The molecule has 22 heavy (non-hydrogen) atoms. The number of halogens is 2. The van der Waals surface area contributed by atoms with Gasteiger partial charge >= 0.3 is 0 Å². The Bertz CT molecular complexity index is 553. The van der Waals surface area contributed by atoms with Gasteiger partial charge in [0.05, 0.1) is 21.2 Å². The summed E-state index contributed by atoms with van der Waals surface area (Å²) in [5, 5.41) is 0.615. The average Bonchev–Trinajstić information content (AvgIpc) is 3.21. The van der Waals surface area contributed by atoms with E-state index in [1.807, 2.05) is 0 Å². The molecule has 0 aliphatic carbocycles. The summed E-state index contributed by atoms with van der Waals surface area (Å²) in [5.74, 6) is -0.253. The summed E-state index contributed by atoms with van der Waals surface area (Å²) in [5.41, 5.74) is 0.737. The molecule has 2 heterocycles. The lowest BCUT2D eigenvalue weighted by atomic mass is 10.0. The van der Waals surface area contributed by atoms with Crippen LogP contribution in [0.25, 0.3) is 0 Å². The molecule has 2 aliphatic rings. The maximum absolute atomic E-state index is 12.7. The Kier molecular flexibility index (Phi) is 4.59. The molecule has 4 nitrogen and oxygen atoms in total. The normalized spacial score (nSPS) is 18.1. The fourth-order valence-electron chi connectivity index (χ4n) is 3.08. The van der Waals surface area contributed by atoms with E-state index in [2.05, 4.69) is 0 Å². The molecular weight excluding hydrogens is 323 g/mol. The molecule has 0 spiro atoms. The van der Waals surface area contributed by atoms with E-state index in [-0.39, 0.29) is 11.8 Å². The van der Waals surface area contributed by atoms with Crippen molar-refractivity contribution in [2.45, 2.75) is 25.7 Å². The van der Waals surface area contributed by atoms with Crippen molar-refractivity contribution in [1.82, 2.24) is 9.80 Å². The van der Waals surface area contributed by atoms with Gasteiger partial charge in [0.2, 0.25) is 0 Å². The van der Waals surface area contributed by atoms with Crippen LogP contribution in [-0.2, 0) is 0 Å². The summed E-state index contributed by atoms with van der Waals surface area (Å²) in [4.78, 5) is 29.0. The number of amides is 2. The second-order valence-corrected chi connectivity index (χ2v) is 6.62. The van der Waals surface area contributed by atoms with E-state index < -0.39 is 0 Å². The Morgan fingerprint density at radius 1 is 0.727 bits per heavy atom. The smallest absolute Gasteiger partial charge is 0.254 e. The molecule has 0 radical (unpaired) electrons. The zero-order chi connectivity index (χ0) is 15.7. The topological polar surface area (TPSA) is 40.6 Å². The van der Waals surface area contributed by atoms with Crippen molar-refractivity contribution >= 4 is 35.0 Å². The first-order chi connectivity index (χ1) is 10.6. The molecule has 1 aromatic rings. The van der Waals surface area contributed by atoms with Gasteiger partial charge in [0.1, 0.15) is 0 Å². The van der Waals surface area contributed by atoms with E-state index in [0.29, 0.717) is 21.2 Å². The molecule has 6 heteroatoms. The molecule has 118 valence electrons. The van der Waals surface area contributed by atoms with Gasteiger partial charge in [0.15, 0.2) is 0 Å². The first-order valence-electron chi connectivity index (χ1n) is 7.65. The highest BCUT2D eigenvalue weighted by Gasteiger charge is 2.28. The van der Waals surface area contributed by atoms with Crippen molar-refractivity contribution in [3.8, 4) is 0 Å². The van der Waals surface area contributed by atoms with Gasteiger partial charge in [-0.3, -0.25) is 9.59 Å². The number of benzene rings is 1. The lowest BCUT2D eigenvalue weighted by molar-refractivity contribution is 0.0754. The van der Waals surface area contributed by atoms with Crippen LogP contribution >= 0.6 is 23.2 Å². The third-order valence-corrected chi connectivity index (χ3v) is 5.03. The minimum Gasteiger partial charge on any atom is -0.339 e. The highest BCUT2D eigenvalue weighted by Crippen LogP contribution is 2.29. The van der Waals surface area contributed by atoms with Crippen LogP contribution in [0.2, 0.25) is 10.0 Å². The van der Waals surface area contributed by atoms with Gasteiger partial charge in [-0.05, 0) is 37.8 Å². The molecule has 3 rings (SSSR count). The van der Waals surface area contributed by atoms with Crippen LogP contribution in [0, 0.1) is 0 Å². The number of nitrogens with zero attached hydrogens (tertiary/aromatic N) is 2. The van der Waals surface area contributed by atoms with Crippen molar-refractivity contribution in [3.05, 3.63) is 33.3 Å². The molecule has 2 fully saturated rings. The summed E-state index contributed by atoms with van der Waals surface area (Å²) in [6.07, 6.45) is 4.01. The highest BCUT2D eigenvalue weighted by atomic mass is 35.5. The summed E-state index contributed by atoms with van der Waals surface area (Å²) >= 11 is 12.1. The summed E-state index contributed by atoms with van der Waals surface area (Å²) in [7, 11) is 0. The molecule has 0 aromatic heterocycles. The SMILES string of the molecule is O=C(c1cc(Cl)c(Cl)cc1C(=O)N1CCCC1)N1CCCC1. The van der Waals surface area contributed by atoms with Crippen molar-refractivity contribution in [2.75, 3.05) is 26.2 Å². The number of carbonyl (C=O) groups is 2. The number of hydrogen-bond acceptors (Lipinski definition) is 2. The van der Waals surface area contributed by atoms with Crippen LogP contribution < -0.4 is 0 Å². The second-order valence-electron chi connectivity index (χ2n) is 5.81. The van der Waals surface area contributed by atoms with Crippen LogP contribution in [-0.4, -0.2) is 47.8 Å². The number of carbonyl (C=O) groups excluding carboxylic acids is 2. The van der Waals surface area contributed by atoms with Gasteiger partial charge in [0.25, 0.3) is 11.8 Å². The number of rotatable bonds is 2. The quantitative estimate of drug-likeness (QED) is 0.827. The van der Waals surface area contributed by atoms with Gasteiger partial charge in [-0.2, -0.15) is 0 Å². The predicted molar refractivity (Wildman–Crippen MR) is 86.7 cm³/mol. The zero-order valence-electron chi connectivity index (χ0n) is 12.3. The molecule has 0 unspecified atom stereocenters. The molecule has 0 bridgehead atoms. The standard InChI is InChI=1S/C16H18Cl2N2O2/c17-13-9-11(15(21)19-5-1-2-6-19)12(10-14(13)18)16(22)20-7-3-4-8-20/h9-10H,1-8H2. The Labute approximate surface area is 140 Å². The summed E-state index contributed by atoms with van der Waals surface area (Å²) in [6, 6.07) is 3.07. The lowest BCUT2D eigenvalue weighted by Crippen LogP contribution is -2.33.